The molecule has 1 saturated carbocycles. The van der Waals surface area contributed by atoms with Crippen LogP contribution in [-0.4, -0.2) is 54.2 Å². The fraction of sp³-hybridized carbons (Fsp3) is 0.462. The van der Waals surface area contributed by atoms with Crippen LogP contribution in [0.4, 0.5) is 4.79 Å². The molecule has 3 atom stereocenters. The van der Waals surface area contributed by atoms with Gasteiger partial charge in [0.25, 0.3) is 0 Å². The summed E-state index contributed by atoms with van der Waals surface area (Å²) in [5.41, 5.74) is 1.89. The van der Waals surface area contributed by atoms with E-state index in [-0.39, 0.29) is 17.5 Å². The molecule has 1 unspecified atom stereocenters. The highest BCUT2D eigenvalue weighted by Crippen LogP contribution is 2.43. The molecular weight excluding hydrogens is 404 g/mol. The van der Waals surface area contributed by atoms with Crippen LogP contribution in [0.3, 0.4) is 0 Å². The van der Waals surface area contributed by atoms with Crippen LogP contribution in [0, 0.1) is 0 Å². The van der Waals surface area contributed by atoms with Crippen molar-refractivity contribution in [2.45, 2.75) is 56.2 Å². The molecule has 2 aromatic carbocycles. The average Bonchev–Trinajstić information content (AvgIpc) is 3.47. The fourth-order valence-electron chi connectivity index (χ4n) is 5.07. The summed E-state index contributed by atoms with van der Waals surface area (Å²) in [6.45, 7) is 3.52. The number of rotatable bonds is 5. The van der Waals surface area contributed by atoms with Crippen LogP contribution in [0.2, 0.25) is 0 Å². The minimum atomic E-state index is -0.341. The maximum absolute atomic E-state index is 12.6. The van der Waals surface area contributed by atoms with E-state index >= 15 is 0 Å². The first-order valence-electron chi connectivity index (χ1n) is 11.5. The smallest absolute Gasteiger partial charge is 0.410 e. The number of amides is 1. The molecule has 2 saturated heterocycles. The van der Waals surface area contributed by atoms with Gasteiger partial charge in [-0.1, -0.05) is 30.3 Å². The van der Waals surface area contributed by atoms with E-state index in [9.17, 15) is 9.59 Å². The molecule has 1 aliphatic carbocycles. The van der Waals surface area contributed by atoms with Gasteiger partial charge in [-0.05, 0) is 62.4 Å². The van der Waals surface area contributed by atoms with Crippen molar-refractivity contribution in [2.24, 2.45) is 0 Å². The minimum absolute atomic E-state index is 0.00849. The van der Waals surface area contributed by atoms with E-state index in [0.29, 0.717) is 42.4 Å². The summed E-state index contributed by atoms with van der Waals surface area (Å²) in [6.07, 6.45) is 3.51. The van der Waals surface area contributed by atoms with Gasteiger partial charge in [0.2, 0.25) is 0 Å². The third-order valence-corrected chi connectivity index (χ3v) is 7.08. The van der Waals surface area contributed by atoms with Crippen LogP contribution in [0.15, 0.2) is 54.6 Å². The molecule has 2 heterocycles. The van der Waals surface area contributed by atoms with E-state index < -0.39 is 0 Å². The first kappa shape index (κ1) is 21.2. The van der Waals surface area contributed by atoms with Gasteiger partial charge in [0.05, 0.1) is 12.2 Å². The van der Waals surface area contributed by atoms with Crippen LogP contribution in [0.1, 0.15) is 54.4 Å². The van der Waals surface area contributed by atoms with E-state index in [1.54, 1.807) is 29.2 Å². The van der Waals surface area contributed by atoms with E-state index in [1.165, 1.54) is 18.9 Å². The van der Waals surface area contributed by atoms with Gasteiger partial charge >= 0.3 is 6.09 Å². The molecule has 32 heavy (non-hydrogen) atoms. The zero-order chi connectivity index (χ0) is 22.1. The molecule has 2 aromatic rings. The van der Waals surface area contributed by atoms with E-state index in [2.05, 4.69) is 35.6 Å². The second-order valence-electron chi connectivity index (χ2n) is 9.36. The SMILES string of the molecule is CC(=O)c1ccc(OC(=O)N2CCC3(CC2)CC(N[C@@H]2C[C@H]2c2ccccc2)CO3)cc1. The number of piperidine rings is 1. The van der Waals surface area contributed by atoms with Gasteiger partial charge in [-0.3, -0.25) is 4.79 Å². The Labute approximate surface area is 188 Å². The minimum Gasteiger partial charge on any atom is -0.410 e. The number of hydrogen-bond donors (Lipinski definition) is 1. The number of likely N-dealkylation sites (tertiary alicyclic amines) is 1. The number of Topliss-reactive ketones (excluding diaryl/α,β-unsaturated/α-hetero) is 1. The molecule has 1 N–H and O–H groups in total. The second-order valence-corrected chi connectivity index (χ2v) is 9.36. The van der Waals surface area contributed by atoms with Crippen molar-refractivity contribution in [3.05, 3.63) is 65.7 Å². The van der Waals surface area contributed by atoms with Crippen molar-refractivity contribution in [3.8, 4) is 5.75 Å². The zero-order valence-electron chi connectivity index (χ0n) is 18.5. The predicted octanol–water partition coefficient (Wildman–Crippen LogP) is 4.16. The summed E-state index contributed by atoms with van der Waals surface area (Å²) in [5, 5.41) is 3.80. The number of benzene rings is 2. The molecular formula is C26H30N2O4. The standard InChI is InChI=1S/C26H30N2O4/c1-18(29)19-7-9-22(10-8-19)32-25(30)28-13-11-26(12-14-28)16-21(17-31-26)27-24-15-23(24)20-5-3-2-4-6-20/h2-10,21,23-24,27H,11-17H2,1H3/t21?,23-,24+/m0/s1. The molecule has 0 aromatic heterocycles. The molecule has 3 aliphatic rings. The third kappa shape index (κ3) is 4.57. The van der Waals surface area contributed by atoms with Crippen LogP contribution in [-0.2, 0) is 4.74 Å². The Morgan fingerprint density at radius 2 is 1.78 bits per heavy atom. The lowest BCUT2D eigenvalue weighted by atomic mass is 9.87. The number of hydrogen-bond acceptors (Lipinski definition) is 5. The summed E-state index contributed by atoms with van der Waals surface area (Å²) in [7, 11) is 0. The fourth-order valence-corrected chi connectivity index (χ4v) is 5.07. The Morgan fingerprint density at radius 3 is 2.47 bits per heavy atom. The summed E-state index contributed by atoms with van der Waals surface area (Å²) in [6, 6.07) is 18.3. The maximum atomic E-state index is 12.6. The van der Waals surface area contributed by atoms with Gasteiger partial charge in [0.1, 0.15) is 5.75 Å². The molecule has 3 fully saturated rings. The van der Waals surface area contributed by atoms with Gasteiger partial charge in [-0.2, -0.15) is 0 Å². The molecule has 0 radical (unpaired) electrons. The van der Waals surface area contributed by atoms with Crippen LogP contribution in [0.5, 0.6) is 5.75 Å². The Kier molecular flexibility index (Phi) is 5.74. The van der Waals surface area contributed by atoms with Gasteiger partial charge < -0.3 is 19.7 Å². The van der Waals surface area contributed by atoms with Crippen molar-refractivity contribution in [1.82, 2.24) is 10.2 Å². The lowest BCUT2D eigenvalue weighted by molar-refractivity contribution is -0.0389. The molecule has 2 aliphatic heterocycles. The van der Waals surface area contributed by atoms with Crippen molar-refractivity contribution in [1.29, 1.82) is 0 Å². The average molecular weight is 435 g/mol. The molecule has 0 bridgehead atoms. The van der Waals surface area contributed by atoms with E-state index in [4.69, 9.17) is 9.47 Å². The second kappa shape index (κ2) is 8.68. The number of carbonyl (C=O) groups excluding carboxylic acids is 2. The first-order valence-corrected chi connectivity index (χ1v) is 11.5. The van der Waals surface area contributed by atoms with Crippen molar-refractivity contribution in [3.63, 3.8) is 0 Å². The van der Waals surface area contributed by atoms with Gasteiger partial charge in [-0.25, -0.2) is 4.79 Å². The highest BCUT2D eigenvalue weighted by atomic mass is 16.6. The molecule has 5 rings (SSSR count). The number of nitrogens with one attached hydrogen (secondary N) is 1. The van der Waals surface area contributed by atoms with E-state index in [1.807, 2.05) is 0 Å². The van der Waals surface area contributed by atoms with Crippen molar-refractivity contribution >= 4 is 11.9 Å². The van der Waals surface area contributed by atoms with Gasteiger partial charge in [0, 0.05) is 36.7 Å². The zero-order valence-corrected chi connectivity index (χ0v) is 18.5. The monoisotopic (exact) mass is 434 g/mol. The summed E-state index contributed by atoms with van der Waals surface area (Å²) in [4.78, 5) is 25.7. The number of ether oxygens (including phenoxy) is 2. The third-order valence-electron chi connectivity index (χ3n) is 7.08. The Hall–Kier alpha value is -2.70. The van der Waals surface area contributed by atoms with Crippen LogP contribution >= 0.6 is 0 Å². The maximum Gasteiger partial charge on any atom is 0.415 e. The highest BCUT2D eigenvalue weighted by molar-refractivity contribution is 5.94. The number of carbonyl (C=O) groups is 2. The molecule has 6 heteroatoms. The molecule has 1 spiro atoms. The van der Waals surface area contributed by atoms with Crippen LogP contribution < -0.4 is 10.1 Å². The molecule has 168 valence electrons. The van der Waals surface area contributed by atoms with E-state index in [0.717, 1.165) is 25.9 Å². The molecule has 1 amide bonds. The first-order chi connectivity index (χ1) is 15.5. The predicted molar refractivity (Wildman–Crippen MR) is 121 cm³/mol. The lowest BCUT2D eigenvalue weighted by Crippen LogP contribution is -2.47. The Bertz CT molecular complexity index is 967. The largest absolute Gasteiger partial charge is 0.415 e. The van der Waals surface area contributed by atoms with Crippen molar-refractivity contribution < 1.29 is 19.1 Å². The number of ketones is 1. The van der Waals surface area contributed by atoms with Crippen LogP contribution in [0.25, 0.3) is 0 Å². The number of nitrogens with zero attached hydrogens (tertiary/aromatic N) is 1. The molecule has 6 nitrogen and oxygen atoms in total. The lowest BCUT2D eigenvalue weighted by Gasteiger charge is -2.38. The summed E-state index contributed by atoms with van der Waals surface area (Å²) >= 11 is 0. The quantitative estimate of drug-likeness (QED) is 0.716. The topological polar surface area (TPSA) is 67.9 Å². The Balaban J connectivity index is 1.08. The highest BCUT2D eigenvalue weighted by Gasteiger charge is 2.46. The van der Waals surface area contributed by atoms with Gasteiger partial charge in [-0.15, -0.1) is 0 Å². The Morgan fingerprint density at radius 1 is 1.06 bits per heavy atom. The summed E-state index contributed by atoms with van der Waals surface area (Å²) < 4.78 is 11.8. The van der Waals surface area contributed by atoms with Crippen molar-refractivity contribution in [2.75, 3.05) is 19.7 Å². The normalized spacial score (nSPS) is 26.2. The van der Waals surface area contributed by atoms with Gasteiger partial charge in [0.15, 0.2) is 5.78 Å². The summed E-state index contributed by atoms with van der Waals surface area (Å²) in [5.74, 6) is 1.07.